The molecular formula is C25H26F2N4O. The van der Waals surface area contributed by atoms with Crippen molar-refractivity contribution in [2.45, 2.75) is 32.2 Å². The van der Waals surface area contributed by atoms with Crippen LogP contribution in [0.1, 0.15) is 39.8 Å². The molecule has 0 spiro atoms. The van der Waals surface area contributed by atoms with Crippen molar-refractivity contribution >= 4 is 11.6 Å². The number of nitrogens with zero attached hydrogens (tertiary/aromatic N) is 4. The Balaban J connectivity index is 1.25. The Kier molecular flexibility index (Phi) is 5.41. The van der Waals surface area contributed by atoms with Crippen molar-refractivity contribution in [2.75, 3.05) is 31.1 Å². The van der Waals surface area contributed by atoms with Crippen LogP contribution in [0.3, 0.4) is 0 Å². The van der Waals surface area contributed by atoms with E-state index < -0.39 is 0 Å². The third kappa shape index (κ3) is 3.87. The fourth-order valence-corrected chi connectivity index (χ4v) is 4.76. The highest BCUT2D eigenvalue weighted by molar-refractivity contribution is 5.92. The van der Waals surface area contributed by atoms with E-state index in [2.05, 4.69) is 9.55 Å². The second-order valence-corrected chi connectivity index (χ2v) is 8.67. The summed E-state index contributed by atoms with van der Waals surface area (Å²) in [5, 5.41) is 0. The summed E-state index contributed by atoms with van der Waals surface area (Å²) in [6.45, 7) is 4.77. The van der Waals surface area contributed by atoms with Crippen molar-refractivity contribution in [1.29, 1.82) is 0 Å². The number of aromatic nitrogens is 2. The Hall–Kier alpha value is -3.22. The summed E-state index contributed by atoms with van der Waals surface area (Å²) in [4.78, 5) is 21.5. The molecule has 0 saturated carbocycles. The number of fused-ring (bicyclic) bond motifs is 1. The van der Waals surface area contributed by atoms with Crippen LogP contribution in [0.5, 0.6) is 0 Å². The lowest BCUT2D eigenvalue weighted by Gasteiger charge is -2.35. The molecule has 2 aliphatic heterocycles. The zero-order valence-electron chi connectivity index (χ0n) is 18.1. The van der Waals surface area contributed by atoms with E-state index in [9.17, 15) is 13.6 Å². The van der Waals surface area contributed by atoms with Crippen LogP contribution in [0.15, 0.2) is 48.7 Å². The summed E-state index contributed by atoms with van der Waals surface area (Å²) in [6.07, 6.45) is 3.57. The van der Waals surface area contributed by atoms with Gasteiger partial charge in [0.25, 0.3) is 5.91 Å². The van der Waals surface area contributed by atoms with E-state index in [1.54, 1.807) is 24.0 Å². The van der Waals surface area contributed by atoms with Crippen LogP contribution >= 0.6 is 0 Å². The van der Waals surface area contributed by atoms with Crippen molar-refractivity contribution in [3.8, 4) is 0 Å². The molecule has 5 rings (SSSR count). The molecule has 1 saturated heterocycles. The number of carbonyl (C=O) groups excluding carboxylic acids is 1. The summed E-state index contributed by atoms with van der Waals surface area (Å²) < 4.78 is 29.8. The van der Waals surface area contributed by atoms with E-state index >= 15 is 0 Å². The van der Waals surface area contributed by atoms with Gasteiger partial charge in [0, 0.05) is 51.3 Å². The van der Waals surface area contributed by atoms with E-state index in [0.29, 0.717) is 43.1 Å². The molecule has 32 heavy (non-hydrogen) atoms. The average Bonchev–Trinajstić information content (AvgIpc) is 3.24. The number of para-hydroxylation sites is 1. The molecule has 7 heteroatoms. The molecule has 1 fully saturated rings. The fourth-order valence-electron chi connectivity index (χ4n) is 4.76. The first-order valence-corrected chi connectivity index (χ1v) is 11.1. The highest BCUT2D eigenvalue weighted by Crippen LogP contribution is 2.30. The van der Waals surface area contributed by atoms with Crippen LogP contribution in [-0.4, -0.2) is 46.5 Å². The number of carbonyl (C=O) groups is 1. The smallest absolute Gasteiger partial charge is 0.274 e. The standard InChI is InChI=1S/C25H26F2N4O/c1-17-14-18(6-8-20(17)26)19-7-9-24-28-22(16-31(24)15-19)25(32)30-12-10-29(11-13-30)23-5-3-2-4-21(23)27/h2-6,8,14,16,19H,7,9-13,15H2,1H3/t19-/m1/s1. The molecule has 2 aliphatic rings. The minimum absolute atomic E-state index is 0.0748. The Labute approximate surface area is 186 Å². The Morgan fingerprint density at radius 1 is 1.03 bits per heavy atom. The van der Waals surface area contributed by atoms with E-state index in [1.165, 1.54) is 12.1 Å². The topological polar surface area (TPSA) is 41.4 Å². The van der Waals surface area contributed by atoms with E-state index in [-0.39, 0.29) is 23.5 Å². The molecule has 166 valence electrons. The van der Waals surface area contributed by atoms with Gasteiger partial charge in [-0.2, -0.15) is 0 Å². The lowest BCUT2D eigenvalue weighted by Crippen LogP contribution is -2.49. The number of imidazole rings is 1. The normalized spacial score (nSPS) is 18.5. The van der Waals surface area contributed by atoms with E-state index in [0.717, 1.165) is 30.8 Å². The number of rotatable bonds is 3. The highest BCUT2D eigenvalue weighted by atomic mass is 19.1. The molecule has 2 aromatic carbocycles. The summed E-state index contributed by atoms with van der Waals surface area (Å²) in [5.41, 5.74) is 2.83. The van der Waals surface area contributed by atoms with Gasteiger partial charge in [-0.15, -0.1) is 0 Å². The predicted molar refractivity (Wildman–Crippen MR) is 119 cm³/mol. The number of benzene rings is 2. The molecule has 0 unspecified atom stereocenters. The fraction of sp³-hybridized carbons (Fsp3) is 0.360. The molecular weight excluding hydrogens is 410 g/mol. The van der Waals surface area contributed by atoms with Gasteiger partial charge in [0.15, 0.2) is 0 Å². The zero-order chi connectivity index (χ0) is 22.2. The number of anilines is 1. The molecule has 0 N–H and O–H groups in total. The van der Waals surface area contributed by atoms with Crippen LogP contribution in [0.2, 0.25) is 0 Å². The van der Waals surface area contributed by atoms with Gasteiger partial charge in [-0.1, -0.05) is 24.3 Å². The molecule has 1 aromatic heterocycles. The number of hydrogen-bond donors (Lipinski definition) is 0. The van der Waals surface area contributed by atoms with Crippen LogP contribution in [-0.2, 0) is 13.0 Å². The third-order valence-electron chi connectivity index (χ3n) is 6.63. The van der Waals surface area contributed by atoms with Gasteiger partial charge in [-0.05, 0) is 42.7 Å². The predicted octanol–water partition coefficient (Wildman–Crippen LogP) is 4.16. The summed E-state index contributed by atoms with van der Waals surface area (Å²) in [5.74, 6) is 0.710. The molecule has 0 aliphatic carbocycles. The molecule has 5 nitrogen and oxygen atoms in total. The van der Waals surface area contributed by atoms with Crippen molar-refractivity contribution in [3.05, 3.63) is 82.9 Å². The first kappa shape index (κ1) is 20.7. The third-order valence-corrected chi connectivity index (χ3v) is 6.63. The average molecular weight is 437 g/mol. The van der Waals surface area contributed by atoms with Crippen LogP contribution in [0.25, 0.3) is 0 Å². The maximum Gasteiger partial charge on any atom is 0.274 e. The van der Waals surface area contributed by atoms with Crippen LogP contribution in [0, 0.1) is 18.6 Å². The molecule has 0 radical (unpaired) electrons. The molecule has 3 aromatic rings. The van der Waals surface area contributed by atoms with Gasteiger partial charge >= 0.3 is 0 Å². The second-order valence-electron chi connectivity index (χ2n) is 8.67. The summed E-state index contributed by atoms with van der Waals surface area (Å²) in [7, 11) is 0. The van der Waals surface area contributed by atoms with Crippen molar-refractivity contribution in [2.24, 2.45) is 0 Å². The number of halogens is 2. The number of piperazine rings is 1. The Morgan fingerprint density at radius 2 is 1.81 bits per heavy atom. The maximum absolute atomic E-state index is 14.1. The van der Waals surface area contributed by atoms with E-state index in [4.69, 9.17) is 0 Å². The lowest BCUT2D eigenvalue weighted by atomic mass is 9.90. The second kappa shape index (κ2) is 8.37. The quantitative estimate of drug-likeness (QED) is 0.619. The zero-order valence-corrected chi connectivity index (χ0v) is 18.1. The van der Waals surface area contributed by atoms with E-state index in [1.807, 2.05) is 29.3 Å². The van der Waals surface area contributed by atoms with Crippen molar-refractivity contribution < 1.29 is 13.6 Å². The minimum Gasteiger partial charge on any atom is -0.366 e. The van der Waals surface area contributed by atoms with Gasteiger partial charge < -0.3 is 14.4 Å². The number of amides is 1. The summed E-state index contributed by atoms with van der Waals surface area (Å²) >= 11 is 0. The Morgan fingerprint density at radius 3 is 2.56 bits per heavy atom. The Bertz CT molecular complexity index is 1150. The van der Waals surface area contributed by atoms with Crippen molar-refractivity contribution in [3.63, 3.8) is 0 Å². The van der Waals surface area contributed by atoms with Crippen molar-refractivity contribution in [1.82, 2.24) is 14.5 Å². The summed E-state index contributed by atoms with van der Waals surface area (Å²) in [6, 6.07) is 12.0. The molecule has 3 heterocycles. The monoisotopic (exact) mass is 436 g/mol. The highest BCUT2D eigenvalue weighted by Gasteiger charge is 2.28. The molecule has 1 atom stereocenters. The van der Waals surface area contributed by atoms with Crippen LogP contribution in [0.4, 0.5) is 14.5 Å². The first-order valence-electron chi connectivity index (χ1n) is 11.1. The molecule has 0 bridgehead atoms. The van der Waals surface area contributed by atoms with Gasteiger partial charge in [-0.25, -0.2) is 13.8 Å². The largest absolute Gasteiger partial charge is 0.366 e. The number of hydrogen-bond acceptors (Lipinski definition) is 3. The van der Waals surface area contributed by atoms with Crippen LogP contribution < -0.4 is 4.90 Å². The first-order chi connectivity index (χ1) is 15.5. The SMILES string of the molecule is Cc1cc([C@@H]2CCc3nc(C(=O)N4CCN(c5ccccc5F)CC4)cn3C2)ccc1F. The maximum atomic E-state index is 14.1. The van der Waals surface area contributed by atoms with Gasteiger partial charge in [-0.3, -0.25) is 4.79 Å². The minimum atomic E-state index is -0.236. The van der Waals surface area contributed by atoms with Gasteiger partial charge in [0.1, 0.15) is 23.2 Å². The van der Waals surface area contributed by atoms with Gasteiger partial charge in [0.05, 0.1) is 5.69 Å². The van der Waals surface area contributed by atoms with Gasteiger partial charge in [0.2, 0.25) is 0 Å². The lowest BCUT2D eigenvalue weighted by molar-refractivity contribution is 0.0741. The number of aryl methyl sites for hydroxylation is 2. The molecule has 1 amide bonds.